The van der Waals surface area contributed by atoms with Crippen molar-refractivity contribution < 1.29 is 4.79 Å². The van der Waals surface area contributed by atoms with Gasteiger partial charge in [-0.15, -0.1) is 0 Å². The van der Waals surface area contributed by atoms with Crippen LogP contribution >= 0.6 is 0 Å². The van der Waals surface area contributed by atoms with Crippen molar-refractivity contribution in [3.05, 3.63) is 82.4 Å². The molecule has 0 radical (unpaired) electrons. The van der Waals surface area contributed by atoms with E-state index in [-0.39, 0.29) is 11.7 Å². The number of hydrogen-bond donors (Lipinski definition) is 1. The molecule has 1 aliphatic rings. The van der Waals surface area contributed by atoms with Gasteiger partial charge in [0, 0.05) is 23.9 Å². The van der Waals surface area contributed by atoms with Gasteiger partial charge in [-0.2, -0.15) is 5.26 Å². The highest BCUT2D eigenvalue weighted by Crippen LogP contribution is 2.26. The molecule has 0 bridgehead atoms. The highest BCUT2D eigenvalue weighted by Gasteiger charge is 2.21. The van der Waals surface area contributed by atoms with Crippen LogP contribution in [0.4, 0.5) is 5.69 Å². The van der Waals surface area contributed by atoms with Crippen molar-refractivity contribution >= 4 is 17.3 Å². The highest BCUT2D eigenvalue weighted by atomic mass is 16.2. The van der Waals surface area contributed by atoms with E-state index in [1.807, 2.05) is 54.6 Å². The van der Waals surface area contributed by atoms with Gasteiger partial charge in [-0.05, 0) is 24.6 Å². The third kappa shape index (κ3) is 2.89. The average Bonchev–Trinajstić information content (AvgIpc) is 3.22. The van der Waals surface area contributed by atoms with Crippen LogP contribution in [-0.2, 0) is 13.6 Å². The number of hydrogen-bond acceptors (Lipinski definition) is 4. The summed E-state index contributed by atoms with van der Waals surface area (Å²) in [7, 11) is 1.66. The van der Waals surface area contributed by atoms with Gasteiger partial charge >= 0.3 is 0 Å². The van der Waals surface area contributed by atoms with Gasteiger partial charge in [0.25, 0.3) is 5.91 Å². The number of aliphatic imine (C=N–C) groups is 1. The molecule has 4 rings (SSSR count). The molecule has 132 valence electrons. The van der Waals surface area contributed by atoms with Crippen molar-refractivity contribution in [2.45, 2.75) is 13.5 Å². The molecule has 0 unspecified atom stereocenters. The second-order valence-electron chi connectivity index (χ2n) is 6.40. The van der Waals surface area contributed by atoms with E-state index in [1.165, 1.54) is 4.57 Å². The van der Waals surface area contributed by atoms with E-state index in [2.05, 4.69) is 15.3 Å². The first-order chi connectivity index (χ1) is 13.1. The summed E-state index contributed by atoms with van der Waals surface area (Å²) in [5.74, 6) is -0.0785. The lowest BCUT2D eigenvalue weighted by atomic mass is 9.99. The average molecular weight is 355 g/mol. The van der Waals surface area contributed by atoms with Crippen molar-refractivity contribution in [2.24, 2.45) is 12.0 Å². The Balaban J connectivity index is 1.64. The van der Waals surface area contributed by atoms with E-state index in [4.69, 9.17) is 5.26 Å². The van der Waals surface area contributed by atoms with Gasteiger partial charge in [-0.1, -0.05) is 36.4 Å². The Kier molecular flexibility index (Phi) is 4.05. The van der Waals surface area contributed by atoms with Gasteiger partial charge in [0.2, 0.25) is 5.82 Å². The van der Waals surface area contributed by atoms with Crippen LogP contribution in [0, 0.1) is 18.3 Å². The standard InChI is InChI=1S/C21H17N5O/c1-13-20(26(2)18(11-22)24-13)21(27)25-16-9-8-15-12-23-19(17(15)10-16)14-6-4-3-5-7-14/h3-10H,12H2,1-2H3,(H,25,27). The fourth-order valence-electron chi connectivity index (χ4n) is 3.35. The molecule has 0 spiro atoms. The van der Waals surface area contributed by atoms with E-state index in [9.17, 15) is 4.79 Å². The maximum absolute atomic E-state index is 12.7. The van der Waals surface area contributed by atoms with Gasteiger partial charge in [0.15, 0.2) is 0 Å². The van der Waals surface area contributed by atoms with Gasteiger partial charge < -0.3 is 9.88 Å². The van der Waals surface area contributed by atoms with Crippen molar-refractivity contribution in [1.29, 1.82) is 5.26 Å². The largest absolute Gasteiger partial charge is 0.321 e. The SMILES string of the molecule is Cc1nc(C#N)n(C)c1C(=O)Nc1ccc2c(c1)C(c1ccccc1)=NC2. The minimum absolute atomic E-state index is 0.213. The lowest BCUT2D eigenvalue weighted by Crippen LogP contribution is -2.17. The Hall–Kier alpha value is -3.72. The molecule has 0 saturated heterocycles. The maximum atomic E-state index is 12.7. The Morgan fingerprint density at radius 2 is 2.00 bits per heavy atom. The number of aromatic nitrogens is 2. The number of fused-ring (bicyclic) bond motifs is 1. The molecule has 6 heteroatoms. The zero-order chi connectivity index (χ0) is 19.0. The number of rotatable bonds is 3. The van der Waals surface area contributed by atoms with Gasteiger partial charge in [-0.25, -0.2) is 4.98 Å². The number of anilines is 1. The van der Waals surface area contributed by atoms with Crippen molar-refractivity contribution in [2.75, 3.05) is 5.32 Å². The van der Waals surface area contributed by atoms with Crippen molar-refractivity contribution in [1.82, 2.24) is 9.55 Å². The first kappa shape index (κ1) is 16.7. The smallest absolute Gasteiger partial charge is 0.274 e. The molecule has 1 aliphatic heterocycles. The van der Waals surface area contributed by atoms with Crippen LogP contribution in [0.25, 0.3) is 0 Å². The summed E-state index contributed by atoms with van der Waals surface area (Å²) in [5, 5.41) is 12.0. The zero-order valence-corrected chi connectivity index (χ0v) is 15.0. The van der Waals surface area contributed by atoms with E-state index in [0.717, 1.165) is 22.4 Å². The van der Waals surface area contributed by atoms with E-state index in [0.29, 0.717) is 23.6 Å². The van der Waals surface area contributed by atoms with Crippen molar-refractivity contribution in [3.63, 3.8) is 0 Å². The Labute approximate surface area is 156 Å². The molecule has 0 fully saturated rings. The number of imidazole rings is 1. The normalized spacial score (nSPS) is 12.3. The number of nitrogens with zero attached hydrogens (tertiary/aromatic N) is 4. The lowest BCUT2D eigenvalue weighted by Gasteiger charge is -2.10. The number of nitriles is 1. The minimum atomic E-state index is -0.292. The molecule has 0 saturated carbocycles. The maximum Gasteiger partial charge on any atom is 0.274 e. The molecule has 1 amide bonds. The van der Waals surface area contributed by atoms with Crippen LogP contribution in [0.5, 0.6) is 0 Å². The van der Waals surface area contributed by atoms with Crippen LogP contribution in [0.15, 0.2) is 53.5 Å². The first-order valence-corrected chi connectivity index (χ1v) is 8.56. The molecule has 2 heterocycles. The molecule has 3 aromatic rings. The number of aryl methyl sites for hydroxylation is 1. The van der Waals surface area contributed by atoms with Crippen LogP contribution in [0.3, 0.4) is 0 Å². The molecular formula is C21H17N5O. The number of nitrogens with one attached hydrogen (secondary N) is 1. The van der Waals surface area contributed by atoms with Crippen LogP contribution < -0.4 is 5.32 Å². The van der Waals surface area contributed by atoms with Gasteiger partial charge in [-0.3, -0.25) is 9.79 Å². The van der Waals surface area contributed by atoms with Gasteiger partial charge in [0.05, 0.1) is 18.0 Å². The predicted octanol–water partition coefficient (Wildman–Crippen LogP) is 3.20. The molecular weight excluding hydrogens is 338 g/mol. The van der Waals surface area contributed by atoms with Crippen molar-refractivity contribution in [3.8, 4) is 6.07 Å². The molecule has 1 aromatic heterocycles. The third-order valence-electron chi connectivity index (χ3n) is 4.66. The summed E-state index contributed by atoms with van der Waals surface area (Å²) in [4.78, 5) is 21.5. The third-order valence-corrected chi connectivity index (χ3v) is 4.66. The van der Waals surface area contributed by atoms with E-state index in [1.54, 1.807) is 14.0 Å². The topological polar surface area (TPSA) is 83.1 Å². The van der Waals surface area contributed by atoms with Gasteiger partial charge in [0.1, 0.15) is 11.8 Å². The predicted molar refractivity (Wildman–Crippen MR) is 103 cm³/mol. The number of benzene rings is 2. The monoisotopic (exact) mass is 355 g/mol. The quantitative estimate of drug-likeness (QED) is 0.783. The second-order valence-corrected chi connectivity index (χ2v) is 6.40. The summed E-state index contributed by atoms with van der Waals surface area (Å²) in [5.41, 5.74) is 5.74. The van der Waals surface area contributed by atoms with E-state index >= 15 is 0 Å². The fourth-order valence-corrected chi connectivity index (χ4v) is 3.35. The summed E-state index contributed by atoms with van der Waals surface area (Å²) >= 11 is 0. The molecule has 27 heavy (non-hydrogen) atoms. The first-order valence-electron chi connectivity index (χ1n) is 8.56. The fraction of sp³-hybridized carbons (Fsp3) is 0.143. The van der Waals surface area contributed by atoms with Crippen LogP contribution in [-0.4, -0.2) is 21.2 Å². The molecule has 0 atom stereocenters. The van der Waals surface area contributed by atoms with Crippen LogP contribution in [0.2, 0.25) is 0 Å². The highest BCUT2D eigenvalue weighted by molar-refractivity contribution is 6.16. The summed E-state index contributed by atoms with van der Waals surface area (Å²) < 4.78 is 1.51. The molecule has 1 N–H and O–H groups in total. The molecule has 2 aromatic carbocycles. The minimum Gasteiger partial charge on any atom is -0.321 e. The van der Waals surface area contributed by atoms with Crippen LogP contribution in [0.1, 0.15) is 38.7 Å². The summed E-state index contributed by atoms with van der Waals surface area (Å²) in [6.07, 6.45) is 0. The lowest BCUT2D eigenvalue weighted by molar-refractivity contribution is 0.101. The Bertz CT molecular complexity index is 1120. The Morgan fingerprint density at radius 3 is 2.70 bits per heavy atom. The van der Waals surface area contributed by atoms with E-state index < -0.39 is 0 Å². The zero-order valence-electron chi connectivity index (χ0n) is 15.0. The number of carbonyl (C=O) groups is 1. The summed E-state index contributed by atoms with van der Waals surface area (Å²) in [6.45, 7) is 2.36. The summed E-state index contributed by atoms with van der Waals surface area (Å²) in [6, 6.07) is 17.8. The molecule has 0 aliphatic carbocycles. The second kappa shape index (κ2) is 6.54. The number of amides is 1. The Morgan fingerprint density at radius 1 is 1.22 bits per heavy atom. The molecule has 6 nitrogen and oxygen atoms in total. The number of carbonyl (C=O) groups excluding carboxylic acids is 1.